The maximum absolute atomic E-state index is 12.3. The fraction of sp³-hybridized carbons (Fsp3) is 0.650. The van der Waals surface area contributed by atoms with Crippen molar-refractivity contribution < 1.29 is 9.90 Å². The van der Waals surface area contributed by atoms with E-state index in [0.717, 1.165) is 45.7 Å². The normalized spacial score (nSPS) is 29.0. The highest BCUT2D eigenvalue weighted by molar-refractivity contribution is 5.79. The van der Waals surface area contributed by atoms with Gasteiger partial charge in [0, 0.05) is 51.2 Å². The molecule has 3 fully saturated rings. The number of nitrogens with zero attached hydrogens (tertiary/aromatic N) is 3. The number of β-amino-alcohol motifs (C(OH)–C–C–N with tert-alkyl or cyclic N) is 1. The van der Waals surface area contributed by atoms with Crippen molar-refractivity contribution in [2.75, 3.05) is 32.7 Å². The van der Waals surface area contributed by atoms with Crippen molar-refractivity contribution in [1.29, 1.82) is 0 Å². The summed E-state index contributed by atoms with van der Waals surface area (Å²) >= 11 is 0. The van der Waals surface area contributed by atoms with Crippen molar-refractivity contribution in [3.63, 3.8) is 0 Å². The van der Waals surface area contributed by atoms with Crippen LogP contribution in [-0.2, 0) is 11.3 Å². The third-order valence-electron chi connectivity index (χ3n) is 6.01. The number of piperazine rings is 1. The molecular formula is C20H29N3O2. The maximum atomic E-state index is 12.3. The lowest BCUT2D eigenvalue weighted by molar-refractivity contribution is -0.159. The summed E-state index contributed by atoms with van der Waals surface area (Å²) in [7, 11) is 0. The van der Waals surface area contributed by atoms with Crippen LogP contribution in [-0.4, -0.2) is 76.1 Å². The van der Waals surface area contributed by atoms with E-state index in [1.807, 2.05) is 18.7 Å². The van der Waals surface area contributed by atoms with Crippen LogP contribution in [0, 0.1) is 5.92 Å². The molecule has 5 heteroatoms. The van der Waals surface area contributed by atoms with Gasteiger partial charge in [-0.2, -0.15) is 0 Å². The zero-order valence-corrected chi connectivity index (χ0v) is 15.3. The molecule has 2 unspecified atom stereocenters. The first-order chi connectivity index (χ1) is 12.0. The summed E-state index contributed by atoms with van der Waals surface area (Å²) in [5.74, 6) is 0.309. The standard InChI is InChI=1S/C20H29N3O2/c1-15(2)19(25)22-13-20(14-22)12-21(9-16-6-4-3-5-7-16)10-17-8-18(24)11-23(17)20/h3-7,15,17-18,24H,8-14H2,1-2H3. The summed E-state index contributed by atoms with van der Waals surface area (Å²) < 4.78 is 0. The molecule has 3 aliphatic heterocycles. The minimum absolute atomic E-state index is 0.0275. The van der Waals surface area contributed by atoms with Gasteiger partial charge in [0.05, 0.1) is 11.6 Å². The van der Waals surface area contributed by atoms with Gasteiger partial charge >= 0.3 is 0 Å². The number of aliphatic hydroxyl groups is 1. The monoisotopic (exact) mass is 343 g/mol. The highest BCUT2D eigenvalue weighted by atomic mass is 16.3. The van der Waals surface area contributed by atoms with Crippen LogP contribution in [0.2, 0.25) is 0 Å². The van der Waals surface area contributed by atoms with E-state index in [-0.39, 0.29) is 23.5 Å². The Morgan fingerprint density at radius 3 is 2.60 bits per heavy atom. The van der Waals surface area contributed by atoms with Crippen molar-refractivity contribution in [3.8, 4) is 0 Å². The molecule has 1 amide bonds. The van der Waals surface area contributed by atoms with Crippen molar-refractivity contribution >= 4 is 5.91 Å². The van der Waals surface area contributed by atoms with Crippen molar-refractivity contribution in [3.05, 3.63) is 35.9 Å². The van der Waals surface area contributed by atoms with Gasteiger partial charge in [0.25, 0.3) is 0 Å². The van der Waals surface area contributed by atoms with Crippen molar-refractivity contribution in [2.24, 2.45) is 5.92 Å². The maximum Gasteiger partial charge on any atom is 0.225 e. The lowest BCUT2D eigenvalue weighted by Gasteiger charge is -2.61. The Balaban J connectivity index is 1.50. The van der Waals surface area contributed by atoms with Crippen LogP contribution in [0.1, 0.15) is 25.8 Å². The molecular weight excluding hydrogens is 314 g/mol. The van der Waals surface area contributed by atoms with E-state index >= 15 is 0 Å². The lowest BCUT2D eigenvalue weighted by atomic mass is 9.83. The highest BCUT2D eigenvalue weighted by Crippen LogP contribution is 2.39. The minimum Gasteiger partial charge on any atom is -0.392 e. The van der Waals surface area contributed by atoms with E-state index in [1.165, 1.54) is 5.56 Å². The molecule has 1 N–H and O–H groups in total. The number of likely N-dealkylation sites (tertiary alicyclic amines) is 1. The molecule has 3 heterocycles. The molecule has 1 spiro atoms. The molecule has 5 nitrogen and oxygen atoms in total. The molecule has 2 atom stereocenters. The van der Waals surface area contributed by atoms with Gasteiger partial charge in [-0.3, -0.25) is 14.6 Å². The molecule has 3 aliphatic rings. The number of fused-ring (bicyclic) bond motifs is 2. The third kappa shape index (κ3) is 3.09. The van der Waals surface area contributed by atoms with Crippen LogP contribution in [0.3, 0.4) is 0 Å². The number of rotatable bonds is 3. The second-order valence-electron chi connectivity index (χ2n) is 8.42. The van der Waals surface area contributed by atoms with Gasteiger partial charge in [0.2, 0.25) is 5.91 Å². The molecule has 25 heavy (non-hydrogen) atoms. The molecule has 4 rings (SSSR count). The third-order valence-corrected chi connectivity index (χ3v) is 6.01. The molecule has 3 saturated heterocycles. The van der Waals surface area contributed by atoms with Crippen LogP contribution in [0.4, 0.5) is 0 Å². The second kappa shape index (κ2) is 6.38. The fourth-order valence-corrected chi connectivity index (χ4v) is 4.94. The van der Waals surface area contributed by atoms with Gasteiger partial charge in [0.1, 0.15) is 0 Å². The molecule has 0 radical (unpaired) electrons. The minimum atomic E-state index is -0.228. The Labute approximate surface area is 150 Å². The van der Waals surface area contributed by atoms with Gasteiger partial charge in [-0.1, -0.05) is 44.2 Å². The Hall–Kier alpha value is -1.43. The average Bonchev–Trinajstić information content (AvgIpc) is 2.92. The van der Waals surface area contributed by atoms with Gasteiger partial charge in [-0.25, -0.2) is 0 Å². The molecule has 0 saturated carbocycles. The van der Waals surface area contributed by atoms with Crippen LogP contribution >= 0.6 is 0 Å². The molecule has 1 aromatic carbocycles. The number of hydrogen-bond donors (Lipinski definition) is 1. The van der Waals surface area contributed by atoms with E-state index in [1.54, 1.807) is 0 Å². The summed E-state index contributed by atoms with van der Waals surface area (Å²) in [5, 5.41) is 10.2. The Morgan fingerprint density at radius 2 is 1.92 bits per heavy atom. The summed E-state index contributed by atoms with van der Waals surface area (Å²) in [6.07, 6.45) is 0.624. The Morgan fingerprint density at radius 1 is 1.20 bits per heavy atom. The molecule has 0 aromatic heterocycles. The first-order valence-electron chi connectivity index (χ1n) is 9.47. The summed E-state index contributed by atoms with van der Waals surface area (Å²) in [5.41, 5.74) is 1.36. The largest absolute Gasteiger partial charge is 0.392 e. The van der Waals surface area contributed by atoms with Crippen molar-refractivity contribution in [1.82, 2.24) is 14.7 Å². The first kappa shape index (κ1) is 17.0. The number of aliphatic hydroxyl groups excluding tert-OH is 1. The Kier molecular flexibility index (Phi) is 4.34. The first-order valence-corrected chi connectivity index (χ1v) is 9.47. The molecule has 1 aromatic rings. The predicted molar refractivity (Wildman–Crippen MR) is 97.0 cm³/mol. The second-order valence-corrected chi connectivity index (χ2v) is 8.42. The quantitative estimate of drug-likeness (QED) is 0.895. The number of hydrogen-bond acceptors (Lipinski definition) is 4. The predicted octanol–water partition coefficient (Wildman–Crippen LogP) is 1.17. The zero-order valence-electron chi connectivity index (χ0n) is 15.3. The van der Waals surface area contributed by atoms with Crippen LogP contribution < -0.4 is 0 Å². The van der Waals surface area contributed by atoms with E-state index in [9.17, 15) is 9.90 Å². The van der Waals surface area contributed by atoms with Gasteiger partial charge in [-0.05, 0) is 12.0 Å². The SMILES string of the molecule is CC(C)C(=O)N1CC2(CN(Cc3ccccc3)CC3CC(O)CN32)C1. The zero-order chi connectivity index (χ0) is 17.6. The molecule has 136 valence electrons. The molecule has 0 bridgehead atoms. The topological polar surface area (TPSA) is 47.0 Å². The van der Waals surface area contributed by atoms with Crippen LogP contribution in [0.25, 0.3) is 0 Å². The highest BCUT2D eigenvalue weighted by Gasteiger charge is 2.57. The summed E-state index contributed by atoms with van der Waals surface area (Å²) in [6.45, 7) is 9.24. The summed E-state index contributed by atoms with van der Waals surface area (Å²) in [4.78, 5) is 19.3. The summed E-state index contributed by atoms with van der Waals surface area (Å²) in [6, 6.07) is 11.0. The lowest BCUT2D eigenvalue weighted by Crippen LogP contribution is -2.78. The van der Waals surface area contributed by atoms with Gasteiger partial charge < -0.3 is 10.0 Å². The molecule has 0 aliphatic carbocycles. The number of benzene rings is 1. The number of carbonyl (C=O) groups excluding carboxylic acids is 1. The smallest absolute Gasteiger partial charge is 0.225 e. The van der Waals surface area contributed by atoms with Crippen LogP contribution in [0.5, 0.6) is 0 Å². The Bertz CT molecular complexity index is 627. The van der Waals surface area contributed by atoms with Crippen molar-refractivity contribution in [2.45, 2.75) is 44.5 Å². The number of amides is 1. The van der Waals surface area contributed by atoms with E-state index < -0.39 is 0 Å². The van der Waals surface area contributed by atoms with Gasteiger partial charge in [-0.15, -0.1) is 0 Å². The van der Waals surface area contributed by atoms with E-state index in [2.05, 4.69) is 40.1 Å². The number of carbonyl (C=O) groups is 1. The van der Waals surface area contributed by atoms with Crippen LogP contribution in [0.15, 0.2) is 30.3 Å². The van der Waals surface area contributed by atoms with E-state index in [4.69, 9.17) is 0 Å². The fourth-order valence-electron chi connectivity index (χ4n) is 4.94. The van der Waals surface area contributed by atoms with Gasteiger partial charge in [0.15, 0.2) is 0 Å². The average molecular weight is 343 g/mol. The van der Waals surface area contributed by atoms with E-state index in [0.29, 0.717) is 6.04 Å².